The average Bonchev–Trinajstić information content (AvgIpc) is 2.64. The number of hydrogen-bond acceptors (Lipinski definition) is 9. The molecule has 0 saturated heterocycles. The van der Waals surface area contributed by atoms with E-state index in [-0.39, 0.29) is 0 Å². The zero-order chi connectivity index (χ0) is 32.0. The monoisotopic (exact) mass is 678 g/mol. The molecule has 0 fully saturated rings. The van der Waals surface area contributed by atoms with E-state index >= 15 is 0 Å². The number of alkyl halides is 17. The Balaban J connectivity index is -0.000000508. The molecular formula is C9H7F17O9S3. The summed E-state index contributed by atoms with van der Waals surface area (Å²) in [5.74, 6) is -9.20. The maximum absolute atomic E-state index is 12.0. The van der Waals surface area contributed by atoms with Crippen molar-refractivity contribution in [3.63, 3.8) is 0 Å². The highest BCUT2D eigenvalue weighted by molar-refractivity contribution is 8.00. The molecule has 0 saturated carbocycles. The fourth-order valence-electron chi connectivity index (χ4n) is 0.550. The molecule has 0 amide bonds. The molecule has 0 radical (unpaired) electrons. The lowest BCUT2D eigenvalue weighted by Gasteiger charge is -2.15. The van der Waals surface area contributed by atoms with Gasteiger partial charge in [0.05, 0.1) is 0 Å². The summed E-state index contributed by atoms with van der Waals surface area (Å²) in [6.45, 7) is -4.36. The topological polar surface area (TPSA) is 141 Å². The van der Waals surface area contributed by atoms with Crippen LogP contribution in [0.2, 0.25) is 0 Å². The Hall–Kier alpha value is -1.46. The molecule has 9 nitrogen and oxygen atoms in total. The van der Waals surface area contributed by atoms with Crippen molar-refractivity contribution in [2.45, 2.75) is 41.2 Å². The molecule has 0 aliphatic carbocycles. The lowest BCUT2D eigenvalue weighted by Crippen LogP contribution is -2.36. The molecule has 0 atom stereocenters. The summed E-state index contributed by atoms with van der Waals surface area (Å²) in [5.41, 5.74) is -18.4. The van der Waals surface area contributed by atoms with Crippen LogP contribution in [0.25, 0.3) is 0 Å². The molecule has 0 aliphatic heterocycles. The summed E-state index contributed by atoms with van der Waals surface area (Å²) in [6, 6.07) is 0. The van der Waals surface area contributed by atoms with Gasteiger partial charge in [0.25, 0.3) is 0 Å². The van der Waals surface area contributed by atoms with E-state index in [9.17, 15) is 99.9 Å². The van der Waals surface area contributed by atoms with Crippen molar-refractivity contribution in [1.82, 2.24) is 0 Å². The van der Waals surface area contributed by atoms with Gasteiger partial charge in [-0.15, -0.1) is 3.63 Å². The third-order valence-electron chi connectivity index (χ3n) is 2.29. The summed E-state index contributed by atoms with van der Waals surface area (Å²) in [6.07, 6.45) is -8.09. The molecule has 0 unspecified atom stereocenters. The van der Waals surface area contributed by atoms with Crippen molar-refractivity contribution < 1.29 is 113 Å². The van der Waals surface area contributed by atoms with Crippen molar-refractivity contribution >= 4 is 30.4 Å². The fraction of sp³-hybridized carbons (Fsp3) is 1.00. The van der Waals surface area contributed by atoms with Gasteiger partial charge in [-0.2, -0.15) is 82.3 Å². The van der Waals surface area contributed by atoms with Gasteiger partial charge in [-0.05, 0) is 0 Å². The fourth-order valence-corrected chi connectivity index (χ4v) is 2.56. The molecule has 0 rings (SSSR count). The standard InChI is InChI=1S/C4H3F7O3S.C3H4F4O.C2F6O5S2/c5-2(6)3(7,8)1-14-15(12,13)4(9,10)11;4-2(5)3(6,7)1-8;3-1(4,5)14(9,10)13-15(11,12)2(6,7)8/h2H,1H2;2,8H,1H2;. The lowest BCUT2D eigenvalue weighted by atomic mass is 10.4. The van der Waals surface area contributed by atoms with Crippen molar-refractivity contribution in [2.24, 2.45) is 0 Å². The smallest absolute Gasteiger partial charge is 0.390 e. The van der Waals surface area contributed by atoms with E-state index in [0.717, 1.165) is 0 Å². The summed E-state index contributed by atoms with van der Waals surface area (Å²) in [7, 11) is -20.0. The molecule has 0 heterocycles. The third kappa shape index (κ3) is 13.6. The number of rotatable bonds is 8. The molecule has 29 heteroatoms. The highest BCUT2D eigenvalue weighted by atomic mass is 32.3. The first kappa shape index (κ1) is 41.0. The molecule has 0 aliphatic rings. The minimum atomic E-state index is -6.85. The van der Waals surface area contributed by atoms with E-state index in [1.54, 1.807) is 0 Å². The molecule has 0 aromatic carbocycles. The second-order valence-electron chi connectivity index (χ2n) is 5.31. The molecule has 0 spiro atoms. The zero-order valence-electron chi connectivity index (χ0n) is 16.4. The van der Waals surface area contributed by atoms with Crippen LogP contribution in [0.5, 0.6) is 0 Å². The van der Waals surface area contributed by atoms with Gasteiger partial charge in [0.15, 0.2) is 0 Å². The average molecular weight is 678 g/mol. The van der Waals surface area contributed by atoms with Crippen LogP contribution >= 0.6 is 0 Å². The number of halogens is 17. The van der Waals surface area contributed by atoms with E-state index in [4.69, 9.17) is 5.11 Å². The molecule has 0 bridgehead atoms. The van der Waals surface area contributed by atoms with Gasteiger partial charge in [-0.3, -0.25) is 4.18 Å². The molecule has 38 heavy (non-hydrogen) atoms. The number of aliphatic hydroxyl groups excluding tert-OH is 1. The van der Waals surface area contributed by atoms with Gasteiger partial charge in [0.1, 0.15) is 13.2 Å². The second kappa shape index (κ2) is 13.3. The quantitative estimate of drug-likeness (QED) is 0.233. The van der Waals surface area contributed by atoms with Crippen LogP contribution in [0.1, 0.15) is 0 Å². The van der Waals surface area contributed by atoms with Crippen LogP contribution in [-0.4, -0.2) is 84.8 Å². The van der Waals surface area contributed by atoms with Gasteiger partial charge in [0.2, 0.25) is 0 Å². The lowest BCUT2D eigenvalue weighted by molar-refractivity contribution is -0.153. The van der Waals surface area contributed by atoms with E-state index in [0.29, 0.717) is 0 Å². The van der Waals surface area contributed by atoms with E-state index in [1.807, 2.05) is 3.63 Å². The summed E-state index contributed by atoms with van der Waals surface area (Å²) in [4.78, 5) is 0. The first-order chi connectivity index (χ1) is 16.1. The number of aliphatic hydroxyl groups is 1. The predicted octanol–water partition coefficient (Wildman–Crippen LogP) is 3.33. The van der Waals surface area contributed by atoms with Crippen LogP contribution in [0, 0.1) is 0 Å². The van der Waals surface area contributed by atoms with Crippen LogP contribution in [0.15, 0.2) is 0 Å². The Labute approximate surface area is 198 Å². The van der Waals surface area contributed by atoms with Gasteiger partial charge in [-0.25, -0.2) is 17.6 Å². The Morgan fingerprint density at radius 2 is 0.789 bits per heavy atom. The minimum Gasteiger partial charge on any atom is -0.390 e. The van der Waals surface area contributed by atoms with Crippen LogP contribution < -0.4 is 0 Å². The Kier molecular flexibility index (Phi) is 14.3. The Morgan fingerprint density at radius 3 is 0.947 bits per heavy atom. The Bertz CT molecular complexity index is 997. The van der Waals surface area contributed by atoms with Crippen LogP contribution in [-0.2, 0) is 38.2 Å². The molecule has 234 valence electrons. The van der Waals surface area contributed by atoms with Gasteiger partial charge >= 0.3 is 71.6 Å². The SMILES string of the molecule is O=S(=O)(OCC(F)(F)C(F)F)C(F)(F)F.O=S(=O)(OS(=O)(=O)C(F)(F)F)C(F)(F)F.OCC(F)(F)C(F)F. The van der Waals surface area contributed by atoms with Gasteiger partial charge < -0.3 is 5.11 Å². The summed E-state index contributed by atoms with van der Waals surface area (Å²) < 4.78 is 258. The normalized spacial score (nSPS) is 14.5. The number of hydrogen-bond donors (Lipinski definition) is 1. The molecule has 1 N–H and O–H groups in total. The van der Waals surface area contributed by atoms with Crippen molar-refractivity contribution in [3.8, 4) is 0 Å². The van der Waals surface area contributed by atoms with E-state index in [2.05, 4.69) is 4.18 Å². The molecule has 0 aromatic rings. The minimum absolute atomic E-state index is 1.80. The van der Waals surface area contributed by atoms with Crippen molar-refractivity contribution in [3.05, 3.63) is 0 Å². The van der Waals surface area contributed by atoms with Gasteiger partial charge in [-0.1, -0.05) is 0 Å². The van der Waals surface area contributed by atoms with Crippen molar-refractivity contribution in [1.29, 1.82) is 0 Å². The van der Waals surface area contributed by atoms with E-state index in [1.165, 1.54) is 0 Å². The largest absolute Gasteiger partial charge is 0.524 e. The Morgan fingerprint density at radius 1 is 0.526 bits per heavy atom. The molecule has 0 aromatic heterocycles. The highest BCUT2D eigenvalue weighted by Gasteiger charge is 2.57. The second-order valence-corrected chi connectivity index (χ2v) is 10.2. The van der Waals surface area contributed by atoms with E-state index < -0.39 is 84.8 Å². The zero-order valence-corrected chi connectivity index (χ0v) is 18.9. The summed E-state index contributed by atoms with van der Waals surface area (Å²) >= 11 is 0. The maximum Gasteiger partial charge on any atom is 0.524 e. The van der Waals surface area contributed by atoms with Crippen LogP contribution in [0.3, 0.4) is 0 Å². The van der Waals surface area contributed by atoms with Gasteiger partial charge in [0, 0.05) is 0 Å². The first-order valence-electron chi connectivity index (χ1n) is 7.33. The highest BCUT2D eigenvalue weighted by Crippen LogP contribution is 2.32. The first-order valence-corrected chi connectivity index (χ1v) is 11.6. The maximum atomic E-state index is 12.0. The predicted molar refractivity (Wildman–Crippen MR) is 80.9 cm³/mol. The van der Waals surface area contributed by atoms with Crippen molar-refractivity contribution in [2.75, 3.05) is 13.2 Å². The third-order valence-corrected chi connectivity index (χ3v) is 5.85. The van der Waals surface area contributed by atoms with Crippen LogP contribution in [0.4, 0.5) is 74.6 Å². The molecular weight excluding hydrogens is 671 g/mol. The summed E-state index contributed by atoms with van der Waals surface area (Å²) in [5, 5.41) is 7.53.